The summed E-state index contributed by atoms with van der Waals surface area (Å²) in [6.45, 7) is 1.72. The molecule has 26 heavy (non-hydrogen) atoms. The van der Waals surface area contributed by atoms with Crippen molar-refractivity contribution in [1.29, 1.82) is 0 Å². The number of methoxy groups -OCH3 is 1. The van der Waals surface area contributed by atoms with Gasteiger partial charge in [0, 0.05) is 27.4 Å². The minimum Gasteiger partial charge on any atom is -0.468 e. The number of hydrogen-bond donors (Lipinski definition) is 0. The van der Waals surface area contributed by atoms with E-state index < -0.39 is 29.7 Å². The zero-order valence-corrected chi connectivity index (χ0v) is 15.9. The highest BCUT2D eigenvalue weighted by Gasteiger charge is 2.47. The fraction of sp³-hybridized carbons (Fsp3) is 0.250. The number of carbonyl (C=O) groups excluding carboxylic acids is 3. The van der Waals surface area contributed by atoms with Crippen molar-refractivity contribution < 1.29 is 23.9 Å². The topological polar surface area (TPSA) is 69.7 Å². The van der Waals surface area contributed by atoms with Crippen LogP contribution in [0.1, 0.15) is 28.8 Å². The van der Waals surface area contributed by atoms with E-state index in [1.165, 1.54) is 7.11 Å². The fourth-order valence-electron chi connectivity index (χ4n) is 3.33. The van der Waals surface area contributed by atoms with Gasteiger partial charge < -0.3 is 9.47 Å². The maximum atomic E-state index is 13.0. The van der Waals surface area contributed by atoms with E-state index in [0.717, 1.165) is 4.47 Å². The third-order valence-electron chi connectivity index (χ3n) is 4.62. The fourth-order valence-corrected chi connectivity index (χ4v) is 3.71. The van der Waals surface area contributed by atoms with Crippen molar-refractivity contribution in [3.8, 4) is 5.75 Å². The number of fused-ring (bicyclic) bond motifs is 1. The summed E-state index contributed by atoms with van der Waals surface area (Å²) in [7, 11) is 1.22. The molecule has 2 aromatic carbocycles. The highest BCUT2D eigenvalue weighted by molar-refractivity contribution is 9.10. The van der Waals surface area contributed by atoms with Gasteiger partial charge in [0.05, 0.1) is 7.11 Å². The van der Waals surface area contributed by atoms with Crippen molar-refractivity contribution in [3.63, 3.8) is 0 Å². The van der Waals surface area contributed by atoms with Crippen LogP contribution in [0.5, 0.6) is 5.75 Å². The van der Waals surface area contributed by atoms with Gasteiger partial charge in [0.1, 0.15) is 5.75 Å². The first-order valence-electron chi connectivity index (χ1n) is 8.12. The van der Waals surface area contributed by atoms with Crippen LogP contribution in [0.25, 0.3) is 0 Å². The molecule has 0 unspecified atom stereocenters. The lowest BCUT2D eigenvalue weighted by molar-refractivity contribution is -0.158. The SMILES string of the molecule is COC(=O)[C@H]1C(=O)Oc2ccc(Br)cc2[C@H]1[C@H](C)C(=O)c1ccccc1. The van der Waals surface area contributed by atoms with Crippen LogP contribution in [0.2, 0.25) is 0 Å². The quantitative estimate of drug-likeness (QED) is 0.328. The van der Waals surface area contributed by atoms with E-state index in [4.69, 9.17) is 9.47 Å². The first-order valence-corrected chi connectivity index (χ1v) is 8.91. The summed E-state index contributed by atoms with van der Waals surface area (Å²) in [5.41, 5.74) is 1.16. The predicted octanol–water partition coefficient (Wildman–Crippen LogP) is 3.76. The summed E-state index contributed by atoms with van der Waals surface area (Å²) < 4.78 is 10.9. The van der Waals surface area contributed by atoms with E-state index in [1.54, 1.807) is 49.4 Å². The van der Waals surface area contributed by atoms with Crippen molar-refractivity contribution in [1.82, 2.24) is 0 Å². The number of hydrogen-bond acceptors (Lipinski definition) is 5. The summed E-state index contributed by atoms with van der Waals surface area (Å²) in [6.07, 6.45) is 0. The highest BCUT2D eigenvalue weighted by atomic mass is 79.9. The molecule has 3 rings (SSSR count). The molecule has 0 aromatic heterocycles. The molecule has 3 atom stereocenters. The Morgan fingerprint density at radius 2 is 1.85 bits per heavy atom. The number of benzene rings is 2. The second-order valence-corrected chi connectivity index (χ2v) is 7.06. The van der Waals surface area contributed by atoms with Crippen LogP contribution in [0.3, 0.4) is 0 Å². The molecule has 0 N–H and O–H groups in total. The largest absolute Gasteiger partial charge is 0.468 e. The lowest BCUT2D eigenvalue weighted by Crippen LogP contribution is -2.42. The molecule has 0 amide bonds. The van der Waals surface area contributed by atoms with Crippen LogP contribution in [-0.2, 0) is 14.3 Å². The molecule has 0 fully saturated rings. The van der Waals surface area contributed by atoms with E-state index in [1.807, 2.05) is 6.07 Å². The minimum absolute atomic E-state index is 0.148. The molecule has 0 saturated heterocycles. The zero-order chi connectivity index (χ0) is 18.8. The number of Topliss-reactive ketones (excluding diaryl/α,β-unsaturated/α-hetero) is 1. The second-order valence-electron chi connectivity index (χ2n) is 6.15. The predicted molar refractivity (Wildman–Crippen MR) is 98.0 cm³/mol. The molecular weight excluding hydrogens is 400 g/mol. The van der Waals surface area contributed by atoms with Gasteiger partial charge in [0.25, 0.3) is 0 Å². The molecule has 2 aromatic rings. The van der Waals surface area contributed by atoms with Gasteiger partial charge in [-0.1, -0.05) is 53.2 Å². The van der Waals surface area contributed by atoms with Crippen molar-refractivity contribution in [2.75, 3.05) is 7.11 Å². The van der Waals surface area contributed by atoms with E-state index in [-0.39, 0.29) is 5.78 Å². The van der Waals surface area contributed by atoms with Gasteiger partial charge in [-0.25, -0.2) is 0 Å². The van der Waals surface area contributed by atoms with Gasteiger partial charge in [-0.2, -0.15) is 0 Å². The van der Waals surface area contributed by atoms with Crippen LogP contribution < -0.4 is 4.74 Å². The monoisotopic (exact) mass is 416 g/mol. The van der Waals surface area contributed by atoms with Crippen molar-refractivity contribution in [2.24, 2.45) is 11.8 Å². The average Bonchev–Trinajstić information content (AvgIpc) is 2.66. The van der Waals surface area contributed by atoms with Crippen LogP contribution >= 0.6 is 15.9 Å². The first-order chi connectivity index (χ1) is 12.4. The molecule has 6 heteroatoms. The molecule has 134 valence electrons. The second kappa shape index (κ2) is 7.41. The molecule has 1 aliphatic heterocycles. The summed E-state index contributed by atoms with van der Waals surface area (Å²) in [5.74, 6) is -3.69. The van der Waals surface area contributed by atoms with E-state index in [0.29, 0.717) is 16.9 Å². The standard InChI is InChI=1S/C20H17BrO5/c1-11(18(22)12-6-4-3-5-7-12)16-14-10-13(21)8-9-15(14)26-20(24)17(16)19(23)25-2/h3-11,16-17H,1-2H3/t11-,16+,17-/m0/s1. The zero-order valence-electron chi connectivity index (χ0n) is 14.3. The Hall–Kier alpha value is -2.47. The number of carbonyl (C=O) groups is 3. The molecule has 1 aliphatic rings. The number of ether oxygens (including phenoxy) is 2. The van der Waals surface area contributed by atoms with Crippen LogP contribution in [0.4, 0.5) is 0 Å². The lowest BCUT2D eigenvalue weighted by Gasteiger charge is -2.33. The van der Waals surface area contributed by atoms with E-state index in [2.05, 4.69) is 15.9 Å². The number of ketones is 1. The summed E-state index contributed by atoms with van der Waals surface area (Å²) >= 11 is 3.40. The van der Waals surface area contributed by atoms with Gasteiger partial charge in [-0.15, -0.1) is 0 Å². The molecule has 0 bridgehead atoms. The maximum Gasteiger partial charge on any atom is 0.326 e. The van der Waals surface area contributed by atoms with Crippen LogP contribution in [-0.4, -0.2) is 24.8 Å². The summed E-state index contributed by atoms with van der Waals surface area (Å²) in [4.78, 5) is 37.8. The number of halogens is 1. The normalized spacial score (nSPS) is 19.9. The summed E-state index contributed by atoms with van der Waals surface area (Å²) in [6, 6.07) is 14.0. The van der Waals surface area contributed by atoms with E-state index in [9.17, 15) is 14.4 Å². The van der Waals surface area contributed by atoms with Gasteiger partial charge in [0.2, 0.25) is 0 Å². The molecule has 0 spiro atoms. The van der Waals surface area contributed by atoms with E-state index >= 15 is 0 Å². The summed E-state index contributed by atoms with van der Waals surface area (Å²) in [5, 5.41) is 0. The van der Waals surface area contributed by atoms with Crippen molar-refractivity contribution in [3.05, 3.63) is 64.1 Å². The van der Waals surface area contributed by atoms with Crippen molar-refractivity contribution in [2.45, 2.75) is 12.8 Å². The highest BCUT2D eigenvalue weighted by Crippen LogP contribution is 2.44. The molecule has 0 radical (unpaired) electrons. The third-order valence-corrected chi connectivity index (χ3v) is 5.11. The van der Waals surface area contributed by atoms with Gasteiger partial charge in [-0.3, -0.25) is 14.4 Å². The molecule has 0 saturated carbocycles. The first kappa shape index (κ1) is 18.3. The van der Waals surface area contributed by atoms with Crippen LogP contribution in [0.15, 0.2) is 53.0 Å². The third kappa shape index (κ3) is 3.29. The molecule has 1 heterocycles. The molecule has 0 aliphatic carbocycles. The van der Waals surface area contributed by atoms with Gasteiger partial charge in [-0.05, 0) is 18.2 Å². The Kier molecular flexibility index (Phi) is 5.23. The molecular formula is C20H17BrO5. The minimum atomic E-state index is -1.19. The number of rotatable bonds is 4. The van der Waals surface area contributed by atoms with Crippen molar-refractivity contribution >= 4 is 33.7 Å². The maximum absolute atomic E-state index is 13.0. The smallest absolute Gasteiger partial charge is 0.326 e. The van der Waals surface area contributed by atoms with Gasteiger partial charge >= 0.3 is 11.9 Å². The molecule has 5 nitrogen and oxygen atoms in total. The van der Waals surface area contributed by atoms with Gasteiger partial charge in [0.15, 0.2) is 11.7 Å². The lowest BCUT2D eigenvalue weighted by atomic mass is 9.73. The average molecular weight is 417 g/mol. The number of esters is 2. The Balaban J connectivity index is 2.10. The Morgan fingerprint density at radius 3 is 2.50 bits per heavy atom. The Morgan fingerprint density at radius 1 is 1.15 bits per heavy atom. The Labute approximate surface area is 159 Å². The van der Waals surface area contributed by atoms with Crippen LogP contribution in [0, 0.1) is 11.8 Å². The Bertz CT molecular complexity index is 862.